The van der Waals surface area contributed by atoms with E-state index in [4.69, 9.17) is 0 Å². The number of nitrogens with zero attached hydrogens (tertiary/aromatic N) is 2. The molecule has 1 rings (SSSR count). The molecule has 2 nitrogen and oxygen atoms in total. The van der Waals surface area contributed by atoms with Crippen molar-refractivity contribution in [3.8, 4) is 0 Å². The van der Waals surface area contributed by atoms with Crippen LogP contribution in [0.25, 0.3) is 0 Å². The fourth-order valence-corrected chi connectivity index (χ4v) is 1.25. The van der Waals surface area contributed by atoms with Gasteiger partial charge >= 0.3 is 6.18 Å². The predicted molar refractivity (Wildman–Crippen MR) is 50.5 cm³/mol. The number of hydrogen-bond donors (Lipinski definition) is 1. The van der Waals surface area contributed by atoms with Crippen LogP contribution in [0.4, 0.5) is 13.2 Å². The van der Waals surface area contributed by atoms with Crippen LogP contribution in [0.15, 0.2) is 12.4 Å². The zero-order valence-electron chi connectivity index (χ0n) is 7.46. The number of aromatic nitrogens is 2. The van der Waals surface area contributed by atoms with Crippen molar-refractivity contribution >= 4 is 12.6 Å². The lowest BCUT2D eigenvalue weighted by molar-refractivity contribution is -0.142. The summed E-state index contributed by atoms with van der Waals surface area (Å²) in [6, 6.07) is 0. The number of thiol groups is 1. The monoisotopic (exact) mass is 224 g/mol. The first-order chi connectivity index (χ1) is 6.51. The molecule has 0 unspecified atom stereocenters. The SMILES string of the molecule is FC(F)(F)Cn1cc(CCCS)cn1. The lowest BCUT2D eigenvalue weighted by Gasteiger charge is -2.04. The van der Waals surface area contributed by atoms with E-state index in [0.717, 1.165) is 28.8 Å². The molecule has 0 saturated carbocycles. The molecule has 0 aliphatic heterocycles. The van der Waals surface area contributed by atoms with Crippen LogP contribution in [0.5, 0.6) is 0 Å². The van der Waals surface area contributed by atoms with E-state index in [1.807, 2.05) is 0 Å². The molecule has 1 heterocycles. The number of halogens is 3. The fourth-order valence-electron chi connectivity index (χ4n) is 1.09. The molecular formula is C8H11F3N2S. The molecule has 0 atom stereocenters. The minimum atomic E-state index is -4.20. The molecule has 0 N–H and O–H groups in total. The van der Waals surface area contributed by atoms with E-state index in [0.29, 0.717) is 0 Å². The maximum atomic E-state index is 11.9. The van der Waals surface area contributed by atoms with E-state index in [9.17, 15) is 13.2 Å². The fraction of sp³-hybridized carbons (Fsp3) is 0.625. The molecule has 0 radical (unpaired) electrons. The van der Waals surface area contributed by atoms with Gasteiger partial charge in [0.05, 0.1) is 6.20 Å². The van der Waals surface area contributed by atoms with Gasteiger partial charge in [0.2, 0.25) is 0 Å². The van der Waals surface area contributed by atoms with Crippen LogP contribution in [-0.4, -0.2) is 21.7 Å². The highest BCUT2D eigenvalue weighted by atomic mass is 32.1. The summed E-state index contributed by atoms with van der Waals surface area (Å²) in [4.78, 5) is 0. The normalized spacial score (nSPS) is 12.0. The first kappa shape index (κ1) is 11.4. The molecule has 0 fully saturated rings. The quantitative estimate of drug-likeness (QED) is 0.777. The molecule has 80 valence electrons. The summed E-state index contributed by atoms with van der Waals surface area (Å²) in [6.07, 6.45) is 0.265. The largest absolute Gasteiger partial charge is 0.408 e. The second-order valence-corrected chi connectivity index (χ2v) is 3.44. The Balaban J connectivity index is 2.51. The van der Waals surface area contributed by atoms with E-state index in [1.165, 1.54) is 12.4 Å². The lowest BCUT2D eigenvalue weighted by atomic mass is 10.2. The summed E-state index contributed by atoms with van der Waals surface area (Å²) in [7, 11) is 0. The minimum Gasteiger partial charge on any atom is -0.263 e. The van der Waals surface area contributed by atoms with Gasteiger partial charge in [0.15, 0.2) is 0 Å². The summed E-state index contributed by atoms with van der Waals surface area (Å²) in [5, 5.41) is 3.63. The molecule has 0 saturated heterocycles. The van der Waals surface area contributed by atoms with Gasteiger partial charge in [-0.3, -0.25) is 4.68 Å². The van der Waals surface area contributed by atoms with Gasteiger partial charge in [0.25, 0.3) is 0 Å². The van der Waals surface area contributed by atoms with Crippen LogP contribution in [0.2, 0.25) is 0 Å². The summed E-state index contributed by atoms with van der Waals surface area (Å²) >= 11 is 4.02. The third-order valence-corrected chi connectivity index (χ3v) is 1.97. The van der Waals surface area contributed by atoms with Gasteiger partial charge in [-0.2, -0.15) is 30.9 Å². The van der Waals surface area contributed by atoms with Crippen molar-refractivity contribution < 1.29 is 13.2 Å². The van der Waals surface area contributed by atoms with E-state index >= 15 is 0 Å². The summed E-state index contributed by atoms with van der Waals surface area (Å²) < 4.78 is 36.7. The second-order valence-electron chi connectivity index (χ2n) is 2.99. The van der Waals surface area contributed by atoms with Crippen molar-refractivity contribution in [1.29, 1.82) is 0 Å². The maximum absolute atomic E-state index is 11.9. The Morgan fingerprint density at radius 1 is 1.43 bits per heavy atom. The second kappa shape index (κ2) is 4.72. The number of aryl methyl sites for hydroxylation is 1. The van der Waals surface area contributed by atoms with E-state index in [1.54, 1.807) is 0 Å². The van der Waals surface area contributed by atoms with Crippen LogP contribution in [0.1, 0.15) is 12.0 Å². The van der Waals surface area contributed by atoms with Gasteiger partial charge in [-0.15, -0.1) is 0 Å². The third-order valence-electron chi connectivity index (χ3n) is 1.65. The Morgan fingerprint density at radius 3 is 2.71 bits per heavy atom. The molecule has 0 amide bonds. The average molecular weight is 224 g/mol. The average Bonchev–Trinajstić information content (AvgIpc) is 2.46. The highest BCUT2D eigenvalue weighted by Crippen LogP contribution is 2.17. The number of alkyl halides is 3. The van der Waals surface area contributed by atoms with Gasteiger partial charge in [0, 0.05) is 6.20 Å². The van der Waals surface area contributed by atoms with Crippen molar-refractivity contribution in [2.75, 3.05) is 5.75 Å². The molecule has 14 heavy (non-hydrogen) atoms. The first-order valence-corrected chi connectivity index (χ1v) is 4.83. The van der Waals surface area contributed by atoms with Crippen LogP contribution in [-0.2, 0) is 13.0 Å². The van der Waals surface area contributed by atoms with Gasteiger partial charge in [-0.05, 0) is 24.2 Å². The zero-order valence-corrected chi connectivity index (χ0v) is 8.35. The molecule has 0 aliphatic carbocycles. The van der Waals surface area contributed by atoms with Crippen molar-refractivity contribution in [2.24, 2.45) is 0 Å². The number of hydrogen-bond acceptors (Lipinski definition) is 2. The highest BCUT2D eigenvalue weighted by Gasteiger charge is 2.28. The van der Waals surface area contributed by atoms with Crippen LogP contribution in [0, 0.1) is 0 Å². The topological polar surface area (TPSA) is 17.8 Å². The summed E-state index contributed by atoms with van der Waals surface area (Å²) in [5.74, 6) is 0.727. The molecule has 1 aromatic heterocycles. The van der Waals surface area contributed by atoms with Gasteiger partial charge in [-0.1, -0.05) is 0 Å². The standard InChI is InChI=1S/C8H11F3N2S/c9-8(10,11)6-13-5-7(4-12-13)2-1-3-14/h4-5,14H,1-3,6H2. The van der Waals surface area contributed by atoms with Crippen molar-refractivity contribution in [3.05, 3.63) is 18.0 Å². The molecule has 0 aromatic carbocycles. The van der Waals surface area contributed by atoms with Crippen LogP contribution >= 0.6 is 12.6 Å². The van der Waals surface area contributed by atoms with E-state index in [-0.39, 0.29) is 0 Å². The van der Waals surface area contributed by atoms with Crippen molar-refractivity contribution in [1.82, 2.24) is 9.78 Å². The minimum absolute atomic E-state index is 0.724. The Bertz CT molecular complexity index is 282. The summed E-state index contributed by atoms with van der Waals surface area (Å²) in [6.45, 7) is -1.02. The maximum Gasteiger partial charge on any atom is 0.408 e. The molecule has 0 aliphatic rings. The molecular weight excluding hydrogens is 213 g/mol. The zero-order chi connectivity index (χ0) is 10.6. The third kappa shape index (κ3) is 4.04. The lowest BCUT2D eigenvalue weighted by Crippen LogP contribution is -2.17. The van der Waals surface area contributed by atoms with E-state index in [2.05, 4.69) is 17.7 Å². The Morgan fingerprint density at radius 2 is 2.14 bits per heavy atom. The smallest absolute Gasteiger partial charge is 0.263 e. The highest BCUT2D eigenvalue weighted by molar-refractivity contribution is 7.80. The Labute approximate surface area is 85.5 Å². The van der Waals surface area contributed by atoms with Crippen LogP contribution in [0.3, 0.4) is 0 Å². The van der Waals surface area contributed by atoms with Crippen molar-refractivity contribution in [3.63, 3.8) is 0 Å². The van der Waals surface area contributed by atoms with Crippen molar-refractivity contribution in [2.45, 2.75) is 25.6 Å². The Hall–Kier alpha value is -0.650. The Kier molecular flexibility index (Phi) is 3.86. The molecule has 0 bridgehead atoms. The molecule has 1 aromatic rings. The molecule has 6 heteroatoms. The van der Waals surface area contributed by atoms with E-state index < -0.39 is 12.7 Å². The van der Waals surface area contributed by atoms with Crippen LogP contribution < -0.4 is 0 Å². The predicted octanol–water partition coefficient (Wildman–Crippen LogP) is 2.31. The summed E-state index contributed by atoms with van der Waals surface area (Å²) in [5.41, 5.74) is 0.823. The first-order valence-electron chi connectivity index (χ1n) is 4.20. The van der Waals surface area contributed by atoms with Gasteiger partial charge < -0.3 is 0 Å². The number of rotatable bonds is 4. The van der Waals surface area contributed by atoms with Gasteiger partial charge in [-0.25, -0.2) is 0 Å². The van der Waals surface area contributed by atoms with Gasteiger partial charge in [0.1, 0.15) is 6.54 Å². The molecule has 0 spiro atoms.